The van der Waals surface area contributed by atoms with E-state index in [9.17, 15) is 4.79 Å². The first-order chi connectivity index (χ1) is 6.77. The fraction of sp³-hybridized carbons (Fsp3) is 0.909. The second kappa shape index (κ2) is 6.02. The maximum absolute atomic E-state index is 11.2. The molecule has 0 aromatic heterocycles. The molecule has 0 aromatic rings. The van der Waals surface area contributed by atoms with Gasteiger partial charge in [-0.25, -0.2) is 0 Å². The van der Waals surface area contributed by atoms with Crippen LogP contribution in [0.5, 0.6) is 0 Å². The largest absolute Gasteiger partial charge is 0.387 e. The fourth-order valence-electron chi connectivity index (χ4n) is 2.06. The molecule has 1 rings (SSSR count). The van der Waals surface area contributed by atoms with Crippen LogP contribution in [-0.4, -0.2) is 35.6 Å². The van der Waals surface area contributed by atoms with Crippen molar-refractivity contribution < 1.29 is 9.90 Å². The Bertz CT molecular complexity index is 174. The standard InChI is InChI=1S/C11H21NO2/c1-2-3-4-10-5-7-12(8-6-10)11(14)9-13/h10,13H,2-9H2,1H3. The van der Waals surface area contributed by atoms with Gasteiger partial charge < -0.3 is 10.0 Å². The van der Waals surface area contributed by atoms with Crippen LogP contribution in [0.25, 0.3) is 0 Å². The van der Waals surface area contributed by atoms with Gasteiger partial charge in [0.15, 0.2) is 0 Å². The van der Waals surface area contributed by atoms with E-state index in [0.29, 0.717) is 0 Å². The molecule has 0 bridgehead atoms. The molecule has 0 spiro atoms. The van der Waals surface area contributed by atoms with Crippen molar-refractivity contribution in [3.63, 3.8) is 0 Å². The summed E-state index contributed by atoms with van der Waals surface area (Å²) in [5.74, 6) is 0.691. The third kappa shape index (κ3) is 3.29. The molecule has 0 atom stereocenters. The highest BCUT2D eigenvalue weighted by Crippen LogP contribution is 2.22. The average Bonchev–Trinajstić information content (AvgIpc) is 2.26. The molecule has 3 nitrogen and oxygen atoms in total. The molecule has 1 aliphatic rings. The number of aliphatic hydroxyl groups excluding tert-OH is 1. The van der Waals surface area contributed by atoms with E-state index in [-0.39, 0.29) is 12.5 Å². The summed E-state index contributed by atoms with van der Waals surface area (Å²) in [6, 6.07) is 0. The second-order valence-electron chi connectivity index (χ2n) is 4.12. The third-order valence-corrected chi connectivity index (χ3v) is 3.07. The molecule has 0 unspecified atom stereocenters. The zero-order chi connectivity index (χ0) is 10.4. The Morgan fingerprint density at radius 2 is 2.07 bits per heavy atom. The van der Waals surface area contributed by atoms with Gasteiger partial charge in [0.1, 0.15) is 6.61 Å². The van der Waals surface area contributed by atoms with E-state index in [4.69, 9.17) is 5.11 Å². The number of likely N-dealkylation sites (tertiary alicyclic amines) is 1. The number of carbonyl (C=O) groups is 1. The molecule has 0 saturated carbocycles. The van der Waals surface area contributed by atoms with Gasteiger partial charge >= 0.3 is 0 Å². The number of carbonyl (C=O) groups excluding carboxylic acids is 1. The molecule has 82 valence electrons. The van der Waals surface area contributed by atoms with Crippen LogP contribution in [0, 0.1) is 5.92 Å². The lowest BCUT2D eigenvalue weighted by Gasteiger charge is -2.31. The molecule has 1 heterocycles. The molecule has 1 aliphatic heterocycles. The van der Waals surface area contributed by atoms with E-state index >= 15 is 0 Å². The van der Waals surface area contributed by atoms with E-state index in [1.54, 1.807) is 4.90 Å². The van der Waals surface area contributed by atoms with Crippen molar-refractivity contribution in [3.8, 4) is 0 Å². The van der Waals surface area contributed by atoms with Crippen molar-refractivity contribution in [1.82, 2.24) is 4.90 Å². The number of nitrogens with zero attached hydrogens (tertiary/aromatic N) is 1. The van der Waals surface area contributed by atoms with Gasteiger partial charge in [-0.15, -0.1) is 0 Å². The Labute approximate surface area is 86.1 Å². The predicted octanol–water partition coefficient (Wildman–Crippen LogP) is 1.41. The Kier molecular flexibility index (Phi) is 4.94. The van der Waals surface area contributed by atoms with E-state index in [0.717, 1.165) is 31.8 Å². The normalized spacial score (nSPS) is 18.6. The van der Waals surface area contributed by atoms with Crippen molar-refractivity contribution >= 4 is 5.91 Å². The summed E-state index contributed by atoms with van der Waals surface area (Å²) < 4.78 is 0. The van der Waals surface area contributed by atoms with Gasteiger partial charge in [-0.3, -0.25) is 4.79 Å². The lowest BCUT2D eigenvalue weighted by molar-refractivity contribution is -0.135. The van der Waals surface area contributed by atoms with Gasteiger partial charge in [-0.1, -0.05) is 26.2 Å². The van der Waals surface area contributed by atoms with Crippen LogP contribution in [0.4, 0.5) is 0 Å². The monoisotopic (exact) mass is 199 g/mol. The fourth-order valence-corrected chi connectivity index (χ4v) is 2.06. The topological polar surface area (TPSA) is 40.5 Å². The predicted molar refractivity (Wildman–Crippen MR) is 55.9 cm³/mol. The third-order valence-electron chi connectivity index (χ3n) is 3.07. The van der Waals surface area contributed by atoms with Crippen LogP contribution < -0.4 is 0 Å². The number of unbranched alkanes of at least 4 members (excludes halogenated alkanes) is 1. The van der Waals surface area contributed by atoms with Gasteiger partial charge in [0, 0.05) is 13.1 Å². The van der Waals surface area contributed by atoms with Crippen LogP contribution in [0.2, 0.25) is 0 Å². The summed E-state index contributed by atoms with van der Waals surface area (Å²) in [4.78, 5) is 12.9. The minimum atomic E-state index is -0.334. The summed E-state index contributed by atoms with van der Waals surface area (Å²) >= 11 is 0. The minimum Gasteiger partial charge on any atom is -0.387 e. The lowest BCUT2D eigenvalue weighted by atomic mass is 9.92. The maximum atomic E-state index is 11.2. The van der Waals surface area contributed by atoms with E-state index in [1.807, 2.05) is 0 Å². The van der Waals surface area contributed by atoms with Gasteiger partial charge in [0.25, 0.3) is 0 Å². The zero-order valence-corrected chi connectivity index (χ0v) is 9.04. The lowest BCUT2D eigenvalue weighted by Crippen LogP contribution is -2.39. The molecule has 0 aliphatic carbocycles. The number of piperidine rings is 1. The quantitative estimate of drug-likeness (QED) is 0.743. The second-order valence-corrected chi connectivity index (χ2v) is 4.12. The molecule has 14 heavy (non-hydrogen) atoms. The van der Waals surface area contributed by atoms with E-state index in [2.05, 4.69) is 6.92 Å². The van der Waals surface area contributed by atoms with Gasteiger partial charge in [-0.05, 0) is 18.8 Å². The van der Waals surface area contributed by atoms with Gasteiger partial charge in [0.05, 0.1) is 0 Å². The van der Waals surface area contributed by atoms with Crippen molar-refractivity contribution in [2.24, 2.45) is 5.92 Å². The Balaban J connectivity index is 2.20. The van der Waals surface area contributed by atoms with Gasteiger partial charge in [-0.2, -0.15) is 0 Å². The highest BCUT2D eigenvalue weighted by Gasteiger charge is 2.21. The number of hydrogen-bond donors (Lipinski definition) is 1. The SMILES string of the molecule is CCCCC1CCN(C(=O)CO)CC1. The summed E-state index contributed by atoms with van der Waals surface area (Å²) in [5.41, 5.74) is 0. The molecule has 1 saturated heterocycles. The summed E-state index contributed by atoms with van der Waals surface area (Å²) in [6.07, 6.45) is 6.10. The van der Waals surface area contributed by atoms with E-state index in [1.165, 1.54) is 19.3 Å². The van der Waals surface area contributed by atoms with Crippen molar-refractivity contribution in [1.29, 1.82) is 0 Å². The van der Waals surface area contributed by atoms with E-state index < -0.39 is 0 Å². The van der Waals surface area contributed by atoms with Gasteiger partial charge in [0.2, 0.25) is 5.91 Å². The Morgan fingerprint density at radius 1 is 1.43 bits per heavy atom. The van der Waals surface area contributed by atoms with Crippen molar-refractivity contribution in [3.05, 3.63) is 0 Å². The molecule has 1 amide bonds. The molecule has 0 aromatic carbocycles. The first-order valence-corrected chi connectivity index (χ1v) is 5.66. The van der Waals surface area contributed by atoms with Crippen LogP contribution in [-0.2, 0) is 4.79 Å². The summed E-state index contributed by atoms with van der Waals surface area (Å²) in [5, 5.41) is 8.70. The molecule has 3 heteroatoms. The summed E-state index contributed by atoms with van der Waals surface area (Å²) in [6.45, 7) is 3.56. The first-order valence-electron chi connectivity index (χ1n) is 5.66. The van der Waals surface area contributed by atoms with Crippen molar-refractivity contribution in [2.75, 3.05) is 19.7 Å². The van der Waals surface area contributed by atoms with Crippen LogP contribution in [0.15, 0.2) is 0 Å². The van der Waals surface area contributed by atoms with Crippen molar-refractivity contribution in [2.45, 2.75) is 39.0 Å². The highest BCUT2D eigenvalue weighted by molar-refractivity contribution is 5.77. The van der Waals surface area contributed by atoms with Crippen LogP contribution in [0.3, 0.4) is 0 Å². The zero-order valence-electron chi connectivity index (χ0n) is 9.04. The van der Waals surface area contributed by atoms with Crippen LogP contribution >= 0.6 is 0 Å². The van der Waals surface area contributed by atoms with Crippen LogP contribution in [0.1, 0.15) is 39.0 Å². The molecule has 0 radical (unpaired) electrons. The molecule has 1 N–H and O–H groups in total. The molecular weight excluding hydrogens is 178 g/mol. The number of rotatable bonds is 4. The summed E-state index contributed by atoms with van der Waals surface area (Å²) in [7, 11) is 0. The Hall–Kier alpha value is -0.570. The molecular formula is C11H21NO2. The number of hydrogen-bond acceptors (Lipinski definition) is 2. The number of amides is 1. The highest BCUT2D eigenvalue weighted by atomic mass is 16.3. The maximum Gasteiger partial charge on any atom is 0.248 e. The minimum absolute atomic E-state index is 0.112. The number of aliphatic hydroxyl groups is 1. The molecule has 1 fully saturated rings. The smallest absolute Gasteiger partial charge is 0.248 e. The Morgan fingerprint density at radius 3 is 2.57 bits per heavy atom. The average molecular weight is 199 g/mol. The first kappa shape index (κ1) is 11.5.